The molecule has 0 bridgehead atoms. The molecule has 27 heavy (non-hydrogen) atoms. The number of aromatic nitrogens is 2. The van der Waals surface area contributed by atoms with E-state index in [0.29, 0.717) is 18.7 Å². The third kappa shape index (κ3) is 5.20. The molecule has 0 fully saturated rings. The monoisotopic (exact) mass is 383 g/mol. The number of rotatable bonds is 7. The maximum atomic E-state index is 12.9. The van der Waals surface area contributed by atoms with E-state index in [0.717, 1.165) is 16.4 Å². The topological polar surface area (TPSA) is 46.9 Å². The summed E-state index contributed by atoms with van der Waals surface area (Å²) < 4.78 is 14.9. The van der Waals surface area contributed by atoms with Gasteiger partial charge in [-0.25, -0.2) is 9.37 Å². The Balaban J connectivity index is 1.51. The van der Waals surface area contributed by atoms with Crippen LogP contribution in [0.2, 0.25) is 0 Å². The molecular weight excluding hydrogens is 361 g/mol. The Morgan fingerprint density at radius 3 is 2.67 bits per heavy atom. The molecule has 0 unspecified atom stereocenters. The van der Waals surface area contributed by atoms with Gasteiger partial charge in [0.25, 0.3) is 0 Å². The first-order valence-electron chi connectivity index (χ1n) is 8.78. The van der Waals surface area contributed by atoms with Gasteiger partial charge in [-0.15, -0.1) is 0 Å². The molecule has 4 nitrogen and oxygen atoms in total. The molecule has 1 aromatic heterocycles. The van der Waals surface area contributed by atoms with Crippen molar-refractivity contribution < 1.29 is 9.18 Å². The van der Waals surface area contributed by atoms with Crippen LogP contribution in [0.3, 0.4) is 0 Å². The number of aryl methyl sites for hydroxylation is 2. The van der Waals surface area contributed by atoms with Gasteiger partial charge in [0.15, 0.2) is 5.16 Å². The van der Waals surface area contributed by atoms with Gasteiger partial charge in [-0.2, -0.15) is 0 Å². The molecule has 0 aliphatic carbocycles. The molecule has 6 heteroatoms. The largest absolute Gasteiger partial charge is 0.355 e. The molecule has 0 aliphatic rings. The fourth-order valence-corrected chi connectivity index (χ4v) is 3.45. The Bertz CT molecular complexity index is 921. The Labute approximate surface area is 162 Å². The first-order valence-corrected chi connectivity index (χ1v) is 9.76. The van der Waals surface area contributed by atoms with Gasteiger partial charge in [0, 0.05) is 24.6 Å². The van der Waals surface area contributed by atoms with E-state index in [1.807, 2.05) is 10.8 Å². The van der Waals surface area contributed by atoms with Gasteiger partial charge >= 0.3 is 0 Å². The minimum atomic E-state index is -0.251. The molecule has 0 saturated heterocycles. The van der Waals surface area contributed by atoms with E-state index in [4.69, 9.17) is 0 Å². The van der Waals surface area contributed by atoms with Crippen LogP contribution in [0.5, 0.6) is 0 Å². The maximum Gasteiger partial charge on any atom is 0.230 e. The van der Waals surface area contributed by atoms with Gasteiger partial charge in [0.1, 0.15) is 5.82 Å². The summed E-state index contributed by atoms with van der Waals surface area (Å²) in [5.41, 5.74) is 4.49. The van der Waals surface area contributed by atoms with Gasteiger partial charge in [0.05, 0.1) is 5.75 Å². The van der Waals surface area contributed by atoms with Gasteiger partial charge in [-0.1, -0.05) is 30.0 Å². The summed E-state index contributed by atoms with van der Waals surface area (Å²) in [5, 5.41) is 3.68. The van der Waals surface area contributed by atoms with Gasteiger partial charge in [-0.3, -0.25) is 9.36 Å². The SMILES string of the molecule is Cc1ccc(-n2ccnc2SCC(=O)NCCc2ccc(F)cc2)cc1C. The Morgan fingerprint density at radius 2 is 1.93 bits per heavy atom. The molecule has 0 spiro atoms. The lowest BCUT2D eigenvalue weighted by Gasteiger charge is -2.10. The number of nitrogens with zero attached hydrogens (tertiary/aromatic N) is 2. The fraction of sp³-hybridized carbons (Fsp3) is 0.238. The zero-order valence-corrected chi connectivity index (χ0v) is 16.2. The van der Waals surface area contributed by atoms with Crippen LogP contribution < -0.4 is 5.32 Å². The van der Waals surface area contributed by atoms with Crippen LogP contribution in [-0.4, -0.2) is 27.8 Å². The van der Waals surface area contributed by atoms with E-state index < -0.39 is 0 Å². The second-order valence-electron chi connectivity index (χ2n) is 6.36. The van der Waals surface area contributed by atoms with E-state index >= 15 is 0 Å². The van der Waals surface area contributed by atoms with Crippen molar-refractivity contribution in [3.05, 3.63) is 77.4 Å². The fourth-order valence-electron chi connectivity index (χ4n) is 2.65. The number of nitrogens with one attached hydrogen (secondary N) is 1. The highest BCUT2D eigenvalue weighted by molar-refractivity contribution is 7.99. The molecule has 0 radical (unpaired) electrons. The van der Waals surface area contributed by atoms with E-state index in [1.54, 1.807) is 18.3 Å². The van der Waals surface area contributed by atoms with E-state index in [2.05, 4.69) is 42.3 Å². The highest BCUT2D eigenvalue weighted by Crippen LogP contribution is 2.22. The van der Waals surface area contributed by atoms with Crippen molar-refractivity contribution in [2.24, 2.45) is 0 Å². The molecule has 0 atom stereocenters. The summed E-state index contributed by atoms with van der Waals surface area (Å²) in [6.07, 6.45) is 4.32. The van der Waals surface area contributed by atoms with Crippen molar-refractivity contribution in [3.63, 3.8) is 0 Å². The standard InChI is InChI=1S/C21H22FN3OS/c1-15-3-8-19(13-16(15)2)25-12-11-24-21(25)27-14-20(26)23-10-9-17-4-6-18(22)7-5-17/h3-8,11-13H,9-10,14H2,1-2H3,(H,23,26). The second-order valence-corrected chi connectivity index (χ2v) is 7.31. The van der Waals surface area contributed by atoms with Crippen LogP contribution in [0.4, 0.5) is 4.39 Å². The Hall–Kier alpha value is -2.60. The smallest absolute Gasteiger partial charge is 0.230 e. The second kappa shape index (κ2) is 8.86. The Morgan fingerprint density at radius 1 is 1.15 bits per heavy atom. The van der Waals surface area contributed by atoms with Crippen LogP contribution in [0.25, 0.3) is 5.69 Å². The van der Waals surface area contributed by atoms with Crippen molar-refractivity contribution >= 4 is 17.7 Å². The molecule has 140 valence electrons. The molecule has 2 aromatic carbocycles. The van der Waals surface area contributed by atoms with Crippen LogP contribution >= 0.6 is 11.8 Å². The normalized spacial score (nSPS) is 10.8. The van der Waals surface area contributed by atoms with Crippen molar-refractivity contribution in [2.75, 3.05) is 12.3 Å². The van der Waals surface area contributed by atoms with E-state index in [-0.39, 0.29) is 11.7 Å². The third-order valence-corrected chi connectivity index (χ3v) is 5.32. The van der Waals surface area contributed by atoms with Crippen LogP contribution in [-0.2, 0) is 11.2 Å². The number of thioether (sulfide) groups is 1. The summed E-state index contributed by atoms with van der Waals surface area (Å²) in [7, 11) is 0. The van der Waals surface area contributed by atoms with Crippen LogP contribution in [0, 0.1) is 19.7 Å². The predicted octanol–water partition coefficient (Wildman–Crippen LogP) is 4.08. The molecule has 1 heterocycles. The minimum absolute atomic E-state index is 0.0447. The average Bonchev–Trinajstić information content (AvgIpc) is 3.12. The third-order valence-electron chi connectivity index (χ3n) is 4.36. The van der Waals surface area contributed by atoms with Crippen molar-refractivity contribution in [1.29, 1.82) is 0 Å². The van der Waals surface area contributed by atoms with E-state index in [1.165, 1.54) is 35.0 Å². The number of benzene rings is 2. The quantitative estimate of drug-likeness (QED) is 0.626. The molecule has 3 rings (SSSR count). The summed E-state index contributed by atoms with van der Waals surface area (Å²) in [6, 6.07) is 12.6. The average molecular weight is 383 g/mol. The van der Waals surface area contributed by atoms with E-state index in [9.17, 15) is 9.18 Å². The number of hydrogen-bond acceptors (Lipinski definition) is 3. The van der Waals surface area contributed by atoms with Gasteiger partial charge in [0.2, 0.25) is 5.91 Å². The predicted molar refractivity (Wildman–Crippen MR) is 107 cm³/mol. The molecule has 1 amide bonds. The molecule has 3 aromatic rings. The molecule has 0 saturated carbocycles. The molecule has 0 aliphatic heterocycles. The number of amides is 1. The Kier molecular flexibility index (Phi) is 6.29. The highest BCUT2D eigenvalue weighted by Gasteiger charge is 2.09. The number of carbonyl (C=O) groups is 1. The highest BCUT2D eigenvalue weighted by atomic mass is 32.2. The lowest BCUT2D eigenvalue weighted by molar-refractivity contribution is -0.118. The number of carbonyl (C=O) groups excluding carboxylic acids is 1. The lowest BCUT2D eigenvalue weighted by Crippen LogP contribution is -2.27. The summed E-state index contributed by atoms with van der Waals surface area (Å²) in [5.74, 6) is 0.000794. The first-order chi connectivity index (χ1) is 13.0. The van der Waals surface area contributed by atoms with Gasteiger partial charge in [-0.05, 0) is 61.2 Å². The number of imidazole rings is 1. The number of halogens is 1. The summed E-state index contributed by atoms with van der Waals surface area (Å²) in [4.78, 5) is 16.5. The summed E-state index contributed by atoms with van der Waals surface area (Å²) >= 11 is 1.41. The van der Waals surface area contributed by atoms with Crippen molar-refractivity contribution in [2.45, 2.75) is 25.4 Å². The van der Waals surface area contributed by atoms with Crippen molar-refractivity contribution in [3.8, 4) is 5.69 Å². The van der Waals surface area contributed by atoms with Gasteiger partial charge < -0.3 is 5.32 Å². The molecule has 1 N–H and O–H groups in total. The first kappa shape index (κ1) is 19.2. The maximum absolute atomic E-state index is 12.9. The molecular formula is C21H22FN3OS. The number of hydrogen-bond donors (Lipinski definition) is 1. The minimum Gasteiger partial charge on any atom is -0.355 e. The lowest BCUT2D eigenvalue weighted by atomic mass is 10.1. The summed E-state index contributed by atoms with van der Waals surface area (Å²) in [6.45, 7) is 4.69. The zero-order chi connectivity index (χ0) is 19.2. The van der Waals surface area contributed by atoms with Crippen molar-refractivity contribution in [1.82, 2.24) is 14.9 Å². The van der Waals surface area contributed by atoms with Crippen LogP contribution in [0.15, 0.2) is 60.0 Å². The van der Waals surface area contributed by atoms with Crippen LogP contribution in [0.1, 0.15) is 16.7 Å². The zero-order valence-electron chi connectivity index (χ0n) is 15.4.